The van der Waals surface area contributed by atoms with E-state index in [1.54, 1.807) is 18.2 Å². The van der Waals surface area contributed by atoms with E-state index in [0.29, 0.717) is 40.9 Å². The molecular formula is C16H13ClO3S. The number of halogens is 1. The van der Waals surface area contributed by atoms with Gasteiger partial charge in [0.05, 0.1) is 5.02 Å². The van der Waals surface area contributed by atoms with Crippen LogP contribution >= 0.6 is 23.4 Å². The Morgan fingerprint density at radius 2 is 1.76 bits per heavy atom. The Kier molecular flexibility index (Phi) is 4.08. The summed E-state index contributed by atoms with van der Waals surface area (Å²) in [5, 5.41) is 0.375. The van der Waals surface area contributed by atoms with Gasteiger partial charge in [-0.2, -0.15) is 0 Å². The first-order valence-electron chi connectivity index (χ1n) is 6.47. The molecule has 0 bridgehead atoms. The van der Waals surface area contributed by atoms with Gasteiger partial charge in [0.15, 0.2) is 17.3 Å². The van der Waals surface area contributed by atoms with Gasteiger partial charge < -0.3 is 9.47 Å². The summed E-state index contributed by atoms with van der Waals surface area (Å²) in [7, 11) is 0. The van der Waals surface area contributed by atoms with Crippen molar-refractivity contribution in [2.45, 2.75) is 4.90 Å². The summed E-state index contributed by atoms with van der Waals surface area (Å²) in [5.41, 5.74) is 1.07. The number of thioether (sulfide) groups is 1. The summed E-state index contributed by atoms with van der Waals surface area (Å²) in [5.74, 6) is 1.04. The summed E-state index contributed by atoms with van der Waals surface area (Å²) >= 11 is 7.77. The van der Waals surface area contributed by atoms with Crippen LogP contribution in [0.2, 0.25) is 5.02 Å². The minimum absolute atomic E-state index is 0.109. The lowest BCUT2D eigenvalue weighted by atomic mass is 10.0. The zero-order valence-electron chi connectivity index (χ0n) is 11.4. The van der Waals surface area contributed by atoms with Crippen molar-refractivity contribution >= 4 is 29.1 Å². The smallest absolute Gasteiger partial charge is 0.195 e. The molecule has 3 rings (SSSR count). The molecule has 1 aliphatic heterocycles. The molecule has 0 radical (unpaired) electrons. The Bertz CT molecular complexity index is 700. The third-order valence-corrected chi connectivity index (χ3v) is 4.34. The average Bonchev–Trinajstić information content (AvgIpc) is 2.53. The first-order chi connectivity index (χ1) is 10.2. The number of ketones is 1. The molecule has 2 aromatic carbocycles. The van der Waals surface area contributed by atoms with E-state index >= 15 is 0 Å². The van der Waals surface area contributed by atoms with Crippen LogP contribution in [0.5, 0.6) is 11.5 Å². The lowest BCUT2D eigenvalue weighted by molar-refractivity contribution is 0.103. The predicted octanol–water partition coefficient (Wildman–Crippen LogP) is 4.06. The third-order valence-electron chi connectivity index (χ3n) is 3.23. The molecule has 0 saturated carbocycles. The first-order valence-corrected chi connectivity index (χ1v) is 8.08. The van der Waals surface area contributed by atoms with Crippen LogP contribution in [-0.4, -0.2) is 25.3 Å². The maximum absolute atomic E-state index is 12.7. The number of ether oxygens (including phenoxy) is 2. The lowest BCUT2D eigenvalue weighted by Gasteiger charge is -2.19. The Balaban J connectivity index is 2.05. The Hall–Kier alpha value is -1.65. The molecule has 0 amide bonds. The minimum Gasteiger partial charge on any atom is -0.486 e. The molecule has 0 atom stereocenters. The highest BCUT2D eigenvalue weighted by Crippen LogP contribution is 2.36. The maximum Gasteiger partial charge on any atom is 0.195 e. The molecule has 0 aliphatic carbocycles. The van der Waals surface area contributed by atoms with Gasteiger partial charge in [-0.3, -0.25) is 4.79 Å². The van der Waals surface area contributed by atoms with E-state index < -0.39 is 0 Å². The Morgan fingerprint density at radius 3 is 2.48 bits per heavy atom. The van der Waals surface area contributed by atoms with Crippen molar-refractivity contribution in [1.29, 1.82) is 0 Å². The van der Waals surface area contributed by atoms with Crippen molar-refractivity contribution in [2.75, 3.05) is 19.5 Å². The SMILES string of the molecule is CSc1ccccc1C(=O)c1cc2c(cc1Cl)OCCO2. The van der Waals surface area contributed by atoms with Crippen LogP contribution in [0.15, 0.2) is 41.3 Å². The van der Waals surface area contributed by atoms with Gasteiger partial charge in [-0.25, -0.2) is 0 Å². The number of carbonyl (C=O) groups excluding carboxylic acids is 1. The van der Waals surface area contributed by atoms with E-state index in [9.17, 15) is 4.79 Å². The molecule has 21 heavy (non-hydrogen) atoms. The van der Waals surface area contributed by atoms with Crippen LogP contribution in [0.4, 0.5) is 0 Å². The Morgan fingerprint density at radius 1 is 1.10 bits per heavy atom. The zero-order chi connectivity index (χ0) is 14.8. The van der Waals surface area contributed by atoms with Gasteiger partial charge >= 0.3 is 0 Å². The van der Waals surface area contributed by atoms with Crippen molar-refractivity contribution < 1.29 is 14.3 Å². The monoisotopic (exact) mass is 320 g/mol. The van der Waals surface area contributed by atoms with Gasteiger partial charge in [-0.15, -0.1) is 11.8 Å². The van der Waals surface area contributed by atoms with E-state index in [2.05, 4.69) is 0 Å². The van der Waals surface area contributed by atoms with Gasteiger partial charge in [0, 0.05) is 22.1 Å². The van der Waals surface area contributed by atoms with Crippen LogP contribution < -0.4 is 9.47 Å². The number of carbonyl (C=O) groups is 1. The molecule has 108 valence electrons. The Labute approximate surface area is 132 Å². The van der Waals surface area contributed by atoms with Crippen LogP contribution in [0.25, 0.3) is 0 Å². The molecule has 0 saturated heterocycles. The second-order valence-corrected chi connectivity index (χ2v) is 5.76. The fourth-order valence-electron chi connectivity index (χ4n) is 2.22. The van der Waals surface area contributed by atoms with E-state index in [-0.39, 0.29) is 5.78 Å². The normalized spacial score (nSPS) is 13.0. The highest BCUT2D eigenvalue weighted by Gasteiger charge is 2.21. The summed E-state index contributed by atoms with van der Waals surface area (Å²) in [6, 6.07) is 10.8. The average molecular weight is 321 g/mol. The van der Waals surface area contributed by atoms with Gasteiger partial charge in [0.25, 0.3) is 0 Å². The summed E-state index contributed by atoms with van der Waals surface area (Å²) in [6.45, 7) is 0.968. The summed E-state index contributed by atoms with van der Waals surface area (Å²) in [4.78, 5) is 13.7. The number of fused-ring (bicyclic) bond motifs is 1. The molecule has 0 fully saturated rings. The van der Waals surface area contributed by atoms with Crippen molar-refractivity contribution in [3.05, 3.63) is 52.5 Å². The van der Waals surface area contributed by atoms with Crippen LogP contribution in [0, 0.1) is 0 Å². The minimum atomic E-state index is -0.109. The highest BCUT2D eigenvalue weighted by atomic mass is 35.5. The largest absolute Gasteiger partial charge is 0.486 e. The number of benzene rings is 2. The summed E-state index contributed by atoms with van der Waals surface area (Å²) in [6.07, 6.45) is 1.94. The molecule has 2 aromatic rings. The first kappa shape index (κ1) is 14.3. The predicted molar refractivity (Wildman–Crippen MR) is 84.1 cm³/mol. The van der Waals surface area contributed by atoms with Crippen LogP contribution in [-0.2, 0) is 0 Å². The van der Waals surface area contributed by atoms with Gasteiger partial charge in [0.2, 0.25) is 0 Å². The zero-order valence-corrected chi connectivity index (χ0v) is 13.0. The molecule has 1 heterocycles. The quantitative estimate of drug-likeness (QED) is 0.631. The number of hydrogen-bond acceptors (Lipinski definition) is 4. The van der Waals surface area contributed by atoms with Crippen molar-refractivity contribution in [2.24, 2.45) is 0 Å². The van der Waals surface area contributed by atoms with E-state index in [1.807, 2.05) is 24.5 Å². The summed E-state index contributed by atoms with van der Waals surface area (Å²) < 4.78 is 11.0. The lowest BCUT2D eigenvalue weighted by Crippen LogP contribution is -2.16. The fraction of sp³-hybridized carbons (Fsp3) is 0.188. The molecule has 0 unspecified atom stereocenters. The standard InChI is InChI=1S/C16H13ClO3S/c1-21-15-5-3-2-4-10(15)16(18)11-8-13-14(9-12(11)17)20-7-6-19-13/h2-5,8-9H,6-7H2,1H3. The topological polar surface area (TPSA) is 35.5 Å². The number of hydrogen-bond donors (Lipinski definition) is 0. The molecule has 3 nitrogen and oxygen atoms in total. The van der Waals surface area contributed by atoms with Gasteiger partial charge in [0.1, 0.15) is 13.2 Å². The maximum atomic E-state index is 12.7. The molecule has 0 spiro atoms. The molecular weight excluding hydrogens is 308 g/mol. The second kappa shape index (κ2) is 6.00. The van der Waals surface area contributed by atoms with Crippen molar-refractivity contribution in [1.82, 2.24) is 0 Å². The fourth-order valence-corrected chi connectivity index (χ4v) is 3.05. The van der Waals surface area contributed by atoms with Gasteiger partial charge in [-0.05, 0) is 24.5 Å². The van der Waals surface area contributed by atoms with Crippen molar-refractivity contribution in [3.8, 4) is 11.5 Å². The van der Waals surface area contributed by atoms with E-state index in [4.69, 9.17) is 21.1 Å². The molecule has 0 aromatic heterocycles. The second-order valence-electron chi connectivity index (χ2n) is 4.51. The molecule has 0 N–H and O–H groups in total. The number of rotatable bonds is 3. The molecule has 5 heteroatoms. The highest BCUT2D eigenvalue weighted by molar-refractivity contribution is 7.98. The third kappa shape index (κ3) is 2.74. The van der Waals surface area contributed by atoms with Crippen LogP contribution in [0.3, 0.4) is 0 Å². The van der Waals surface area contributed by atoms with E-state index in [0.717, 1.165) is 4.90 Å². The van der Waals surface area contributed by atoms with Gasteiger partial charge in [-0.1, -0.05) is 23.7 Å². The van der Waals surface area contributed by atoms with Crippen molar-refractivity contribution in [3.63, 3.8) is 0 Å². The van der Waals surface area contributed by atoms with Crippen LogP contribution in [0.1, 0.15) is 15.9 Å². The molecule has 1 aliphatic rings. The van der Waals surface area contributed by atoms with E-state index in [1.165, 1.54) is 11.8 Å².